The zero-order chi connectivity index (χ0) is 21.5. The van der Waals surface area contributed by atoms with Crippen LogP contribution in [-0.4, -0.2) is 66.4 Å². The molecule has 5 heteroatoms. The Morgan fingerprint density at radius 2 is 1.57 bits per heavy atom. The van der Waals surface area contributed by atoms with Gasteiger partial charge >= 0.3 is 0 Å². The SMILES string of the molecule is Cc1ccc(N2C(=O)C3(CCCCC3)C(N3CCN(C)CC3)C2=NC(C)(C)C)cc1. The van der Waals surface area contributed by atoms with Crippen LogP contribution in [-0.2, 0) is 4.79 Å². The van der Waals surface area contributed by atoms with Crippen LogP contribution in [0.3, 0.4) is 0 Å². The summed E-state index contributed by atoms with van der Waals surface area (Å²) in [4.78, 5) is 26.4. The molecule has 1 unspecified atom stereocenters. The monoisotopic (exact) mass is 410 g/mol. The van der Waals surface area contributed by atoms with Gasteiger partial charge in [0.1, 0.15) is 5.84 Å². The first kappa shape index (κ1) is 21.5. The smallest absolute Gasteiger partial charge is 0.240 e. The topological polar surface area (TPSA) is 39.2 Å². The molecule has 1 aromatic rings. The predicted molar refractivity (Wildman–Crippen MR) is 124 cm³/mol. The van der Waals surface area contributed by atoms with E-state index in [4.69, 9.17) is 4.99 Å². The van der Waals surface area contributed by atoms with Crippen LogP contribution in [0.15, 0.2) is 29.3 Å². The molecule has 164 valence electrons. The number of carbonyl (C=O) groups excluding carboxylic acids is 1. The van der Waals surface area contributed by atoms with Crippen molar-refractivity contribution in [3.8, 4) is 0 Å². The fourth-order valence-corrected chi connectivity index (χ4v) is 5.47. The van der Waals surface area contributed by atoms with Crippen LogP contribution in [0, 0.1) is 12.3 Å². The van der Waals surface area contributed by atoms with Crippen molar-refractivity contribution in [2.45, 2.75) is 71.4 Å². The first-order valence-electron chi connectivity index (χ1n) is 11.6. The summed E-state index contributed by atoms with van der Waals surface area (Å²) in [5.74, 6) is 1.25. The molecule has 4 rings (SSSR count). The minimum absolute atomic E-state index is 0.0829. The maximum Gasteiger partial charge on any atom is 0.240 e. The molecule has 1 amide bonds. The largest absolute Gasteiger partial charge is 0.304 e. The average molecular weight is 411 g/mol. The van der Waals surface area contributed by atoms with E-state index in [1.807, 2.05) is 4.90 Å². The van der Waals surface area contributed by atoms with Crippen molar-refractivity contribution in [2.24, 2.45) is 10.4 Å². The van der Waals surface area contributed by atoms with Crippen LogP contribution in [0.1, 0.15) is 58.4 Å². The summed E-state index contributed by atoms with van der Waals surface area (Å²) in [6, 6.07) is 8.48. The number of amides is 1. The summed E-state index contributed by atoms with van der Waals surface area (Å²) >= 11 is 0. The second kappa shape index (κ2) is 8.08. The lowest BCUT2D eigenvalue weighted by atomic mass is 9.69. The van der Waals surface area contributed by atoms with Crippen molar-refractivity contribution in [1.82, 2.24) is 9.80 Å². The van der Waals surface area contributed by atoms with Gasteiger partial charge in [-0.05, 0) is 59.7 Å². The number of anilines is 1. The lowest BCUT2D eigenvalue weighted by Gasteiger charge is -2.44. The number of amidine groups is 1. The van der Waals surface area contributed by atoms with E-state index in [1.165, 1.54) is 12.0 Å². The van der Waals surface area contributed by atoms with Crippen molar-refractivity contribution in [1.29, 1.82) is 0 Å². The van der Waals surface area contributed by atoms with Crippen molar-refractivity contribution < 1.29 is 4.79 Å². The van der Waals surface area contributed by atoms with E-state index >= 15 is 0 Å². The number of aryl methyl sites for hydroxylation is 1. The average Bonchev–Trinajstić information content (AvgIpc) is 2.90. The van der Waals surface area contributed by atoms with E-state index in [1.54, 1.807) is 0 Å². The molecular weight excluding hydrogens is 372 g/mol. The molecule has 5 nitrogen and oxygen atoms in total. The molecule has 1 saturated carbocycles. The lowest BCUT2D eigenvalue weighted by molar-refractivity contribution is -0.130. The van der Waals surface area contributed by atoms with Crippen molar-refractivity contribution in [3.63, 3.8) is 0 Å². The minimum Gasteiger partial charge on any atom is -0.304 e. The first-order chi connectivity index (χ1) is 14.2. The van der Waals surface area contributed by atoms with Crippen molar-refractivity contribution in [2.75, 3.05) is 38.1 Å². The van der Waals surface area contributed by atoms with Crippen LogP contribution < -0.4 is 4.90 Å². The number of rotatable bonds is 2. The van der Waals surface area contributed by atoms with Gasteiger partial charge in [0, 0.05) is 26.2 Å². The Kier molecular flexibility index (Phi) is 5.80. The van der Waals surface area contributed by atoms with Gasteiger partial charge in [-0.2, -0.15) is 0 Å². The Balaban J connectivity index is 1.85. The highest BCUT2D eigenvalue weighted by Gasteiger charge is 2.60. The summed E-state index contributed by atoms with van der Waals surface area (Å²) in [5, 5.41) is 0. The number of aliphatic imine (C=N–C) groups is 1. The molecule has 1 aromatic carbocycles. The van der Waals surface area contributed by atoms with Gasteiger partial charge in [-0.15, -0.1) is 0 Å². The number of piperazine rings is 1. The highest BCUT2D eigenvalue weighted by molar-refractivity contribution is 6.27. The number of hydrogen-bond donors (Lipinski definition) is 0. The summed E-state index contributed by atoms with van der Waals surface area (Å²) in [6.07, 6.45) is 5.48. The third-order valence-electron chi connectivity index (χ3n) is 7.02. The van der Waals surface area contributed by atoms with E-state index in [0.717, 1.165) is 63.4 Å². The van der Waals surface area contributed by atoms with Crippen LogP contribution in [0.25, 0.3) is 0 Å². The zero-order valence-corrected chi connectivity index (χ0v) is 19.4. The molecular formula is C25H38N4O. The molecule has 0 aromatic heterocycles. The van der Waals surface area contributed by atoms with E-state index < -0.39 is 0 Å². The zero-order valence-electron chi connectivity index (χ0n) is 19.4. The quantitative estimate of drug-likeness (QED) is 0.737. The molecule has 1 atom stereocenters. The van der Waals surface area contributed by atoms with Crippen LogP contribution in [0.4, 0.5) is 5.69 Å². The third kappa shape index (κ3) is 3.94. The molecule has 1 spiro atoms. The van der Waals surface area contributed by atoms with Crippen LogP contribution in [0.2, 0.25) is 0 Å². The molecule has 2 aliphatic heterocycles. The Morgan fingerprint density at radius 1 is 0.967 bits per heavy atom. The van der Waals surface area contributed by atoms with Crippen LogP contribution >= 0.6 is 0 Å². The second-order valence-electron chi connectivity index (χ2n) is 10.6. The molecule has 30 heavy (non-hydrogen) atoms. The van der Waals surface area contributed by atoms with Gasteiger partial charge < -0.3 is 4.90 Å². The van der Waals surface area contributed by atoms with Gasteiger partial charge in [0.15, 0.2) is 0 Å². The van der Waals surface area contributed by atoms with Gasteiger partial charge in [0.25, 0.3) is 0 Å². The molecule has 2 saturated heterocycles. The normalized spacial score (nSPS) is 27.4. The highest BCUT2D eigenvalue weighted by Crippen LogP contribution is 2.49. The van der Waals surface area contributed by atoms with Gasteiger partial charge in [0.2, 0.25) is 5.91 Å². The van der Waals surface area contributed by atoms with Gasteiger partial charge in [-0.1, -0.05) is 37.0 Å². The Hall–Kier alpha value is -1.72. The van der Waals surface area contributed by atoms with Gasteiger partial charge in [-0.25, -0.2) is 0 Å². The van der Waals surface area contributed by atoms with Gasteiger partial charge in [-0.3, -0.25) is 19.6 Å². The molecule has 3 aliphatic rings. The summed E-state index contributed by atoms with van der Waals surface area (Å²) in [6.45, 7) is 12.6. The molecule has 0 radical (unpaired) electrons. The fourth-order valence-electron chi connectivity index (χ4n) is 5.47. The second-order valence-corrected chi connectivity index (χ2v) is 10.6. The van der Waals surface area contributed by atoms with E-state index in [-0.39, 0.29) is 22.9 Å². The highest BCUT2D eigenvalue weighted by atomic mass is 16.2. The van der Waals surface area contributed by atoms with Gasteiger partial charge in [0.05, 0.1) is 22.7 Å². The Morgan fingerprint density at radius 3 is 2.13 bits per heavy atom. The third-order valence-corrected chi connectivity index (χ3v) is 7.02. The number of carbonyl (C=O) groups is 1. The van der Waals surface area contributed by atoms with E-state index in [2.05, 4.69) is 68.8 Å². The van der Waals surface area contributed by atoms with E-state index in [0.29, 0.717) is 0 Å². The van der Waals surface area contributed by atoms with Crippen LogP contribution in [0.5, 0.6) is 0 Å². The summed E-state index contributed by atoms with van der Waals surface area (Å²) in [5.41, 5.74) is 1.62. The molecule has 0 N–H and O–H groups in total. The number of benzene rings is 1. The fraction of sp³-hybridized carbons (Fsp3) is 0.680. The maximum absolute atomic E-state index is 14.2. The standard InChI is InChI=1S/C25H38N4O/c1-19-9-11-20(12-10-19)29-22(26-24(2,3)4)21(28-17-15-27(5)16-18-28)25(23(29)30)13-7-6-8-14-25/h9-12,21H,6-8,13-18H2,1-5H3. The summed E-state index contributed by atoms with van der Waals surface area (Å²) in [7, 11) is 2.19. The number of nitrogens with zero attached hydrogens (tertiary/aromatic N) is 4. The Labute approximate surface area is 182 Å². The van der Waals surface area contributed by atoms with E-state index in [9.17, 15) is 4.79 Å². The summed E-state index contributed by atoms with van der Waals surface area (Å²) < 4.78 is 0. The molecule has 0 bridgehead atoms. The molecule has 1 aliphatic carbocycles. The minimum atomic E-state index is -0.330. The maximum atomic E-state index is 14.2. The molecule has 3 fully saturated rings. The van der Waals surface area contributed by atoms with Crippen molar-refractivity contribution >= 4 is 17.4 Å². The molecule has 2 heterocycles. The first-order valence-corrected chi connectivity index (χ1v) is 11.6. The lowest BCUT2D eigenvalue weighted by Crippen LogP contribution is -2.57. The predicted octanol–water partition coefficient (Wildman–Crippen LogP) is 4.11. The number of likely N-dealkylation sites (N-methyl/N-ethyl adjacent to an activating group) is 1. The Bertz CT molecular complexity index is 793. The van der Waals surface area contributed by atoms with Crippen molar-refractivity contribution in [3.05, 3.63) is 29.8 Å². The number of hydrogen-bond acceptors (Lipinski definition) is 4.